The van der Waals surface area contributed by atoms with Crippen molar-refractivity contribution in [1.29, 1.82) is 0 Å². The van der Waals surface area contributed by atoms with Crippen molar-refractivity contribution < 1.29 is 4.42 Å². The average molecular weight is 742 g/mol. The second-order valence-electron chi connectivity index (χ2n) is 16.4. The van der Waals surface area contributed by atoms with Crippen molar-refractivity contribution in [3.05, 3.63) is 234 Å². The highest BCUT2D eigenvalue weighted by Gasteiger charge is 2.48. The molecule has 10 aromatic rings. The van der Waals surface area contributed by atoms with Gasteiger partial charge in [0.2, 0.25) is 0 Å². The van der Waals surface area contributed by atoms with Crippen LogP contribution in [-0.4, -0.2) is 0 Å². The van der Waals surface area contributed by atoms with Crippen LogP contribution in [0.3, 0.4) is 0 Å². The zero-order valence-corrected chi connectivity index (χ0v) is 32.4. The lowest BCUT2D eigenvalue weighted by atomic mass is 9.68. The molecule has 2 aliphatic rings. The Balaban J connectivity index is 1.24. The van der Waals surface area contributed by atoms with Crippen LogP contribution >= 0.6 is 0 Å². The van der Waals surface area contributed by atoms with E-state index in [1.807, 2.05) is 6.07 Å². The Hall–Kier alpha value is -7.16. The summed E-state index contributed by atoms with van der Waals surface area (Å²) in [6.07, 6.45) is 0. The molecule has 58 heavy (non-hydrogen) atoms. The van der Waals surface area contributed by atoms with Crippen molar-refractivity contribution in [3.8, 4) is 22.3 Å². The molecule has 0 bridgehead atoms. The van der Waals surface area contributed by atoms with E-state index in [1.54, 1.807) is 0 Å². The Morgan fingerprint density at radius 1 is 0.414 bits per heavy atom. The molecule has 0 N–H and O–H groups in total. The van der Waals surface area contributed by atoms with Crippen LogP contribution in [-0.2, 0) is 10.8 Å². The molecular formula is C56H39NO. The molecule has 0 unspecified atom stereocenters. The van der Waals surface area contributed by atoms with E-state index in [-0.39, 0.29) is 5.41 Å². The van der Waals surface area contributed by atoms with Crippen LogP contribution in [0.25, 0.3) is 55.0 Å². The Bertz CT molecular complexity index is 3220. The lowest BCUT2D eigenvalue weighted by molar-refractivity contribution is 0.666. The zero-order chi connectivity index (χ0) is 38.6. The summed E-state index contributed by atoms with van der Waals surface area (Å²) in [6.45, 7) is 4.78. The standard InChI is InChI=1S/C56H39NO/c1-55(2)45-27-14-11-25-43(45)53-49(34-36-18-9-10-23-40(36)54(53)55)57(39-32-33-42-41-24-13-16-31-50(41)58-51(42)35-39)48-30-17-29-47-52(48)44-26-12-15-28-46(44)56(47,37-19-5-3-6-20-37)38-21-7-4-8-22-38/h3-35H,1-2H3. The van der Waals surface area contributed by atoms with Gasteiger partial charge >= 0.3 is 0 Å². The van der Waals surface area contributed by atoms with Gasteiger partial charge in [-0.2, -0.15) is 0 Å². The summed E-state index contributed by atoms with van der Waals surface area (Å²) in [5.41, 5.74) is 17.2. The number of para-hydroxylation sites is 1. The Kier molecular flexibility index (Phi) is 6.93. The van der Waals surface area contributed by atoms with E-state index >= 15 is 0 Å². The summed E-state index contributed by atoms with van der Waals surface area (Å²) >= 11 is 0. The minimum absolute atomic E-state index is 0.211. The first kappa shape index (κ1) is 33.0. The van der Waals surface area contributed by atoms with Gasteiger partial charge in [0.25, 0.3) is 0 Å². The van der Waals surface area contributed by atoms with Crippen LogP contribution in [0.1, 0.15) is 47.2 Å². The topological polar surface area (TPSA) is 16.4 Å². The van der Waals surface area contributed by atoms with Crippen LogP contribution in [0.2, 0.25) is 0 Å². The first-order valence-corrected chi connectivity index (χ1v) is 20.3. The van der Waals surface area contributed by atoms with Crippen molar-refractivity contribution >= 4 is 49.8 Å². The average Bonchev–Trinajstić information content (AvgIpc) is 3.88. The SMILES string of the molecule is CC1(C)c2ccccc2-c2c(N(c3ccc4c(c3)oc3ccccc34)c3cccc4c3-c3ccccc3C4(c3ccccc3)c3ccccc3)cc3ccccc3c21. The minimum Gasteiger partial charge on any atom is -0.456 e. The molecule has 0 aliphatic heterocycles. The van der Waals surface area contributed by atoms with Crippen molar-refractivity contribution in [1.82, 2.24) is 0 Å². The summed E-state index contributed by atoms with van der Waals surface area (Å²) < 4.78 is 6.64. The van der Waals surface area contributed by atoms with Gasteiger partial charge < -0.3 is 9.32 Å². The van der Waals surface area contributed by atoms with Crippen LogP contribution in [0.4, 0.5) is 17.1 Å². The highest BCUT2D eigenvalue weighted by atomic mass is 16.3. The van der Waals surface area contributed by atoms with E-state index in [4.69, 9.17) is 4.42 Å². The summed E-state index contributed by atoms with van der Waals surface area (Å²) in [5.74, 6) is 0. The fourth-order valence-corrected chi connectivity index (χ4v) is 10.7. The van der Waals surface area contributed by atoms with Crippen LogP contribution in [0, 0.1) is 0 Å². The molecule has 0 atom stereocenters. The predicted molar refractivity (Wildman–Crippen MR) is 241 cm³/mol. The Morgan fingerprint density at radius 3 is 1.76 bits per heavy atom. The van der Waals surface area contributed by atoms with Gasteiger partial charge in [0, 0.05) is 39.1 Å². The molecule has 12 rings (SSSR count). The molecule has 1 heterocycles. The molecule has 2 nitrogen and oxygen atoms in total. The number of hydrogen-bond acceptors (Lipinski definition) is 2. The molecule has 0 saturated heterocycles. The van der Waals surface area contributed by atoms with Gasteiger partial charge in [0.1, 0.15) is 11.2 Å². The van der Waals surface area contributed by atoms with Gasteiger partial charge in [0.15, 0.2) is 0 Å². The van der Waals surface area contributed by atoms with E-state index in [1.165, 1.54) is 66.4 Å². The van der Waals surface area contributed by atoms with E-state index < -0.39 is 5.41 Å². The van der Waals surface area contributed by atoms with E-state index in [0.717, 1.165) is 39.0 Å². The minimum atomic E-state index is -0.529. The number of anilines is 3. The number of fused-ring (bicyclic) bond motifs is 11. The molecule has 2 aliphatic carbocycles. The third-order valence-corrected chi connectivity index (χ3v) is 13.1. The molecule has 0 spiro atoms. The normalized spacial score (nSPS) is 14.3. The Morgan fingerprint density at radius 2 is 1.00 bits per heavy atom. The fraction of sp³-hybridized carbons (Fsp3) is 0.0714. The van der Waals surface area contributed by atoms with E-state index in [0.29, 0.717) is 0 Å². The summed E-state index contributed by atoms with van der Waals surface area (Å²) in [6, 6.07) is 73.7. The second-order valence-corrected chi connectivity index (χ2v) is 16.4. The number of rotatable bonds is 5. The number of nitrogens with zero attached hydrogens (tertiary/aromatic N) is 1. The van der Waals surface area contributed by atoms with E-state index in [9.17, 15) is 0 Å². The maximum Gasteiger partial charge on any atom is 0.137 e. The van der Waals surface area contributed by atoms with Gasteiger partial charge in [0.05, 0.1) is 16.8 Å². The third kappa shape index (κ3) is 4.38. The molecule has 0 amide bonds. The van der Waals surface area contributed by atoms with Gasteiger partial charge in [-0.1, -0.05) is 178 Å². The predicted octanol–water partition coefficient (Wildman–Crippen LogP) is 14.9. The van der Waals surface area contributed by atoms with Crippen molar-refractivity contribution in [2.24, 2.45) is 0 Å². The highest BCUT2D eigenvalue weighted by molar-refractivity contribution is 6.10. The number of hydrogen-bond donors (Lipinski definition) is 0. The molecule has 9 aromatic carbocycles. The van der Waals surface area contributed by atoms with E-state index in [2.05, 4.69) is 213 Å². The largest absolute Gasteiger partial charge is 0.456 e. The Labute approximate surface area is 338 Å². The lowest BCUT2D eigenvalue weighted by Crippen LogP contribution is -2.28. The molecule has 0 radical (unpaired) electrons. The lowest BCUT2D eigenvalue weighted by Gasteiger charge is -2.35. The van der Waals surface area contributed by atoms with Crippen molar-refractivity contribution in [2.75, 3.05) is 4.90 Å². The quantitative estimate of drug-likeness (QED) is 0.175. The molecule has 0 saturated carbocycles. The van der Waals surface area contributed by atoms with Gasteiger partial charge in [-0.25, -0.2) is 0 Å². The van der Waals surface area contributed by atoms with Crippen molar-refractivity contribution in [3.63, 3.8) is 0 Å². The maximum absolute atomic E-state index is 6.64. The molecule has 274 valence electrons. The molecule has 2 heteroatoms. The van der Waals surface area contributed by atoms with Crippen LogP contribution < -0.4 is 4.90 Å². The van der Waals surface area contributed by atoms with Gasteiger partial charge in [-0.05, 0) is 85.6 Å². The van der Waals surface area contributed by atoms with Gasteiger partial charge in [-0.15, -0.1) is 0 Å². The first-order chi connectivity index (χ1) is 28.5. The summed E-state index contributed by atoms with van der Waals surface area (Å²) in [7, 11) is 0. The monoisotopic (exact) mass is 741 g/mol. The zero-order valence-electron chi connectivity index (χ0n) is 32.4. The molecule has 1 aromatic heterocycles. The third-order valence-electron chi connectivity index (χ3n) is 13.1. The summed E-state index contributed by atoms with van der Waals surface area (Å²) in [5, 5.41) is 4.77. The van der Waals surface area contributed by atoms with Crippen molar-refractivity contribution in [2.45, 2.75) is 24.7 Å². The molecular weight excluding hydrogens is 703 g/mol. The number of benzene rings is 9. The molecule has 0 fully saturated rings. The maximum atomic E-state index is 6.64. The number of furan rings is 1. The fourth-order valence-electron chi connectivity index (χ4n) is 10.7. The van der Waals surface area contributed by atoms with Crippen LogP contribution in [0.15, 0.2) is 205 Å². The van der Waals surface area contributed by atoms with Gasteiger partial charge in [-0.3, -0.25) is 0 Å². The second kappa shape index (κ2) is 12.2. The summed E-state index contributed by atoms with van der Waals surface area (Å²) in [4.78, 5) is 2.54. The smallest absolute Gasteiger partial charge is 0.137 e. The van der Waals surface area contributed by atoms with Crippen LogP contribution in [0.5, 0.6) is 0 Å². The highest BCUT2D eigenvalue weighted by Crippen LogP contribution is 2.62. The first-order valence-electron chi connectivity index (χ1n) is 20.3.